The summed E-state index contributed by atoms with van der Waals surface area (Å²) in [5.74, 6) is 0.889. The number of carbonyl (C=O) groups excluding carboxylic acids is 2. The van der Waals surface area contributed by atoms with Crippen LogP contribution < -0.4 is 20.1 Å². The van der Waals surface area contributed by atoms with Gasteiger partial charge in [-0.1, -0.05) is 0 Å². The standard InChI is InChI=1S/C19H25N5O5/c1-28-15-10-12-13(11-16(15)29-2)21-19(22-17(12)20)24-7-5-23(6-8-24)18(27)14(26)4-3-9-25/h10-11,25H,3-9H2,1-2H3,(H2,20,21,22). The highest BCUT2D eigenvalue weighted by Gasteiger charge is 2.27. The molecule has 1 fully saturated rings. The number of benzene rings is 1. The van der Waals surface area contributed by atoms with Gasteiger partial charge >= 0.3 is 0 Å². The number of hydrogen-bond donors (Lipinski definition) is 2. The minimum Gasteiger partial charge on any atom is -0.493 e. The number of nitrogen functional groups attached to an aromatic ring is 1. The number of methoxy groups -OCH3 is 2. The van der Waals surface area contributed by atoms with E-state index in [-0.39, 0.29) is 13.0 Å². The van der Waals surface area contributed by atoms with Gasteiger partial charge in [0.25, 0.3) is 5.91 Å². The van der Waals surface area contributed by atoms with E-state index < -0.39 is 11.7 Å². The predicted molar refractivity (Wildman–Crippen MR) is 107 cm³/mol. The van der Waals surface area contributed by atoms with Crippen molar-refractivity contribution >= 4 is 34.4 Å². The number of carbonyl (C=O) groups is 2. The summed E-state index contributed by atoms with van der Waals surface area (Å²) < 4.78 is 10.6. The Bertz CT molecular complexity index is 911. The number of amides is 1. The molecule has 29 heavy (non-hydrogen) atoms. The molecular formula is C19H25N5O5. The van der Waals surface area contributed by atoms with Crippen molar-refractivity contribution in [3.05, 3.63) is 12.1 Å². The molecule has 1 saturated heterocycles. The molecule has 2 heterocycles. The van der Waals surface area contributed by atoms with Crippen molar-refractivity contribution in [2.75, 3.05) is 57.6 Å². The first-order valence-electron chi connectivity index (χ1n) is 9.35. The molecule has 1 aliphatic rings. The van der Waals surface area contributed by atoms with Crippen molar-refractivity contribution in [2.24, 2.45) is 0 Å². The van der Waals surface area contributed by atoms with Gasteiger partial charge in [-0.2, -0.15) is 4.98 Å². The third kappa shape index (κ3) is 4.32. The Morgan fingerprint density at radius 3 is 2.38 bits per heavy atom. The van der Waals surface area contributed by atoms with Gasteiger partial charge in [-0.15, -0.1) is 0 Å². The molecule has 156 valence electrons. The Balaban J connectivity index is 1.75. The van der Waals surface area contributed by atoms with E-state index in [0.29, 0.717) is 66.8 Å². The van der Waals surface area contributed by atoms with Gasteiger partial charge in [-0.05, 0) is 12.5 Å². The number of piperazine rings is 1. The number of hydrogen-bond acceptors (Lipinski definition) is 9. The summed E-state index contributed by atoms with van der Waals surface area (Å²) in [4.78, 5) is 36.5. The fraction of sp³-hybridized carbons (Fsp3) is 0.474. The number of fused-ring (bicyclic) bond motifs is 1. The Morgan fingerprint density at radius 1 is 1.10 bits per heavy atom. The zero-order valence-corrected chi connectivity index (χ0v) is 16.6. The normalized spacial score (nSPS) is 14.2. The summed E-state index contributed by atoms with van der Waals surface area (Å²) in [6.45, 7) is 1.63. The van der Waals surface area contributed by atoms with Crippen molar-refractivity contribution < 1.29 is 24.2 Å². The molecule has 3 N–H and O–H groups in total. The van der Waals surface area contributed by atoms with Crippen LogP contribution in [0.1, 0.15) is 12.8 Å². The number of nitrogens with two attached hydrogens (primary N) is 1. The monoisotopic (exact) mass is 403 g/mol. The minimum absolute atomic E-state index is 0.0607. The van der Waals surface area contributed by atoms with Crippen LogP contribution in [0.25, 0.3) is 10.9 Å². The van der Waals surface area contributed by atoms with E-state index in [0.717, 1.165) is 0 Å². The Morgan fingerprint density at radius 2 is 1.76 bits per heavy atom. The number of rotatable bonds is 7. The number of aliphatic hydroxyl groups excluding tert-OH is 1. The van der Waals surface area contributed by atoms with Crippen molar-refractivity contribution in [3.8, 4) is 11.5 Å². The number of nitrogens with zero attached hydrogens (tertiary/aromatic N) is 4. The van der Waals surface area contributed by atoms with Gasteiger partial charge in [0.15, 0.2) is 11.5 Å². The molecule has 0 aliphatic carbocycles. The molecule has 0 radical (unpaired) electrons. The zero-order valence-electron chi connectivity index (χ0n) is 16.6. The maximum atomic E-state index is 12.2. The van der Waals surface area contributed by atoms with Crippen molar-refractivity contribution in [1.82, 2.24) is 14.9 Å². The molecule has 10 heteroatoms. The summed E-state index contributed by atoms with van der Waals surface area (Å²) in [5.41, 5.74) is 6.76. The molecular weight excluding hydrogens is 378 g/mol. The molecule has 2 aromatic rings. The van der Waals surface area contributed by atoms with E-state index in [1.54, 1.807) is 26.4 Å². The molecule has 0 saturated carbocycles. The fourth-order valence-corrected chi connectivity index (χ4v) is 3.24. The molecule has 0 unspecified atom stereocenters. The molecule has 0 atom stereocenters. The second-order valence-corrected chi connectivity index (χ2v) is 6.66. The van der Waals surface area contributed by atoms with Gasteiger partial charge in [0.2, 0.25) is 11.7 Å². The topological polar surface area (TPSA) is 131 Å². The van der Waals surface area contributed by atoms with Crippen LogP contribution in [0.5, 0.6) is 11.5 Å². The Labute approximate surface area is 168 Å². The molecule has 1 amide bonds. The van der Waals surface area contributed by atoms with Gasteiger partial charge in [-0.25, -0.2) is 4.98 Å². The average Bonchev–Trinajstić information content (AvgIpc) is 2.76. The number of aliphatic hydroxyl groups is 1. The van der Waals surface area contributed by atoms with Gasteiger partial charge in [0.05, 0.1) is 19.7 Å². The lowest BCUT2D eigenvalue weighted by molar-refractivity contribution is -0.145. The number of aromatic nitrogens is 2. The quantitative estimate of drug-likeness (QED) is 0.623. The molecule has 1 aromatic heterocycles. The first-order chi connectivity index (χ1) is 14.0. The molecule has 1 aromatic carbocycles. The molecule has 10 nitrogen and oxygen atoms in total. The summed E-state index contributed by atoms with van der Waals surface area (Å²) >= 11 is 0. The molecule has 3 rings (SSSR count). The van der Waals surface area contributed by atoms with Crippen molar-refractivity contribution in [3.63, 3.8) is 0 Å². The smallest absolute Gasteiger partial charge is 0.290 e. The van der Waals surface area contributed by atoms with Gasteiger partial charge < -0.3 is 30.1 Å². The van der Waals surface area contributed by atoms with Crippen LogP contribution in [0.2, 0.25) is 0 Å². The first-order valence-corrected chi connectivity index (χ1v) is 9.35. The van der Waals surface area contributed by atoms with Crippen LogP contribution in [0.4, 0.5) is 11.8 Å². The average molecular weight is 403 g/mol. The molecule has 1 aliphatic heterocycles. The maximum Gasteiger partial charge on any atom is 0.290 e. The number of ketones is 1. The Hall–Kier alpha value is -3.14. The van der Waals surface area contributed by atoms with Crippen LogP contribution in [0.15, 0.2) is 12.1 Å². The van der Waals surface area contributed by atoms with Crippen LogP contribution in [-0.4, -0.2) is 78.7 Å². The minimum atomic E-state index is -0.506. The van der Waals surface area contributed by atoms with E-state index in [4.69, 9.17) is 20.3 Å². The van der Waals surface area contributed by atoms with Gasteiger partial charge in [0.1, 0.15) is 5.82 Å². The summed E-state index contributed by atoms with van der Waals surface area (Å²) in [6.07, 6.45) is 0.355. The van der Waals surface area contributed by atoms with Crippen molar-refractivity contribution in [1.29, 1.82) is 0 Å². The van der Waals surface area contributed by atoms with Crippen LogP contribution >= 0.6 is 0 Å². The number of ether oxygens (including phenoxy) is 2. The van der Waals surface area contributed by atoms with Gasteiger partial charge in [0, 0.05) is 50.7 Å². The largest absolute Gasteiger partial charge is 0.493 e. The Kier molecular flexibility index (Phi) is 6.32. The van der Waals surface area contributed by atoms with Crippen molar-refractivity contribution in [2.45, 2.75) is 12.8 Å². The predicted octanol–water partition coefficient (Wildman–Crippen LogP) is 0.219. The fourth-order valence-electron chi connectivity index (χ4n) is 3.24. The lowest BCUT2D eigenvalue weighted by atomic mass is 10.2. The van der Waals surface area contributed by atoms with Crippen LogP contribution in [0, 0.1) is 0 Å². The lowest BCUT2D eigenvalue weighted by Gasteiger charge is -2.34. The third-order valence-corrected chi connectivity index (χ3v) is 4.87. The lowest BCUT2D eigenvalue weighted by Crippen LogP contribution is -2.51. The number of Topliss-reactive ketones (excluding diaryl/α,β-unsaturated/α-hetero) is 1. The summed E-state index contributed by atoms with van der Waals surface area (Å²) in [6, 6.07) is 3.48. The SMILES string of the molecule is COc1cc2nc(N3CCN(C(=O)C(=O)CCCO)CC3)nc(N)c2cc1OC. The van der Waals surface area contributed by atoms with E-state index in [1.807, 2.05) is 4.90 Å². The number of anilines is 2. The van der Waals surface area contributed by atoms with Crippen LogP contribution in [-0.2, 0) is 9.59 Å². The van der Waals surface area contributed by atoms with E-state index in [1.165, 1.54) is 4.90 Å². The van der Waals surface area contributed by atoms with E-state index >= 15 is 0 Å². The highest BCUT2D eigenvalue weighted by Crippen LogP contribution is 2.34. The third-order valence-electron chi connectivity index (χ3n) is 4.87. The maximum absolute atomic E-state index is 12.2. The van der Waals surface area contributed by atoms with Gasteiger partial charge in [-0.3, -0.25) is 9.59 Å². The first kappa shape index (κ1) is 20.6. The molecule has 0 bridgehead atoms. The summed E-state index contributed by atoms with van der Waals surface area (Å²) in [7, 11) is 3.09. The summed E-state index contributed by atoms with van der Waals surface area (Å²) in [5, 5.41) is 9.47. The van der Waals surface area contributed by atoms with E-state index in [2.05, 4.69) is 9.97 Å². The second-order valence-electron chi connectivity index (χ2n) is 6.66. The highest BCUT2D eigenvalue weighted by atomic mass is 16.5. The second kappa shape index (κ2) is 8.91. The molecule has 0 spiro atoms. The van der Waals surface area contributed by atoms with E-state index in [9.17, 15) is 9.59 Å². The van der Waals surface area contributed by atoms with Crippen LogP contribution in [0.3, 0.4) is 0 Å². The zero-order chi connectivity index (χ0) is 21.0. The highest BCUT2D eigenvalue weighted by molar-refractivity contribution is 6.36.